The standard InChI is InChI=1S/C10H17NO4/c1-2-15-9(12)4-6-11-5-3-8(7-11)10(13)14/h8H,2-7H2,1H3,(H,13,14). The first kappa shape index (κ1) is 12.0. The molecule has 1 unspecified atom stereocenters. The summed E-state index contributed by atoms with van der Waals surface area (Å²) in [5.41, 5.74) is 0. The van der Waals surface area contributed by atoms with Crippen molar-refractivity contribution < 1.29 is 19.4 Å². The molecule has 0 aromatic heterocycles. The van der Waals surface area contributed by atoms with Crippen LogP contribution in [0.3, 0.4) is 0 Å². The summed E-state index contributed by atoms with van der Waals surface area (Å²) in [5.74, 6) is -1.22. The van der Waals surface area contributed by atoms with Crippen LogP contribution in [0.15, 0.2) is 0 Å². The number of aliphatic carboxylic acids is 1. The molecule has 0 bridgehead atoms. The van der Waals surface area contributed by atoms with Gasteiger partial charge in [-0.15, -0.1) is 0 Å². The molecule has 0 saturated carbocycles. The predicted molar refractivity (Wildman–Crippen MR) is 53.4 cm³/mol. The average Bonchev–Trinajstić information content (AvgIpc) is 2.63. The van der Waals surface area contributed by atoms with Crippen LogP contribution in [-0.4, -0.2) is 48.2 Å². The van der Waals surface area contributed by atoms with E-state index in [-0.39, 0.29) is 11.9 Å². The minimum absolute atomic E-state index is 0.212. The van der Waals surface area contributed by atoms with E-state index >= 15 is 0 Å². The van der Waals surface area contributed by atoms with Gasteiger partial charge >= 0.3 is 11.9 Å². The number of carboxylic acid groups (broad SMARTS) is 1. The Morgan fingerprint density at radius 3 is 2.80 bits per heavy atom. The van der Waals surface area contributed by atoms with Gasteiger partial charge in [0, 0.05) is 13.1 Å². The maximum absolute atomic E-state index is 11.0. The molecule has 5 nitrogen and oxygen atoms in total. The van der Waals surface area contributed by atoms with Crippen LogP contribution in [0.5, 0.6) is 0 Å². The van der Waals surface area contributed by atoms with Gasteiger partial charge in [-0.1, -0.05) is 0 Å². The second-order valence-corrected chi connectivity index (χ2v) is 3.68. The van der Waals surface area contributed by atoms with E-state index in [0.717, 1.165) is 6.54 Å². The quantitative estimate of drug-likeness (QED) is 0.670. The zero-order valence-corrected chi connectivity index (χ0v) is 8.94. The molecular weight excluding hydrogens is 198 g/mol. The fraction of sp³-hybridized carbons (Fsp3) is 0.800. The van der Waals surface area contributed by atoms with E-state index < -0.39 is 5.97 Å². The van der Waals surface area contributed by atoms with E-state index in [9.17, 15) is 9.59 Å². The molecule has 0 aromatic carbocycles. The number of carbonyl (C=O) groups is 2. The Morgan fingerprint density at radius 1 is 1.53 bits per heavy atom. The molecule has 0 amide bonds. The van der Waals surface area contributed by atoms with Crippen LogP contribution in [0.1, 0.15) is 19.8 Å². The first-order valence-electron chi connectivity index (χ1n) is 5.24. The van der Waals surface area contributed by atoms with Crippen LogP contribution in [0.2, 0.25) is 0 Å². The Morgan fingerprint density at radius 2 is 2.27 bits per heavy atom. The number of hydrogen-bond acceptors (Lipinski definition) is 4. The molecule has 1 rings (SSSR count). The first-order valence-corrected chi connectivity index (χ1v) is 5.24. The number of likely N-dealkylation sites (tertiary alicyclic amines) is 1. The molecule has 1 fully saturated rings. The van der Waals surface area contributed by atoms with Gasteiger partial charge in [0.1, 0.15) is 0 Å². The number of ether oxygens (including phenoxy) is 1. The third-order valence-corrected chi connectivity index (χ3v) is 2.56. The van der Waals surface area contributed by atoms with Gasteiger partial charge in [-0.2, -0.15) is 0 Å². The summed E-state index contributed by atoms with van der Waals surface area (Å²) in [6.07, 6.45) is 1.03. The molecule has 0 spiro atoms. The Hall–Kier alpha value is -1.10. The Balaban J connectivity index is 2.19. The number of rotatable bonds is 5. The van der Waals surface area contributed by atoms with E-state index in [4.69, 9.17) is 9.84 Å². The molecule has 1 aliphatic heterocycles. The van der Waals surface area contributed by atoms with Gasteiger partial charge in [0.15, 0.2) is 0 Å². The van der Waals surface area contributed by atoms with Crippen LogP contribution in [-0.2, 0) is 14.3 Å². The lowest BCUT2D eigenvalue weighted by Crippen LogP contribution is -2.26. The van der Waals surface area contributed by atoms with E-state index in [1.165, 1.54) is 0 Å². The second-order valence-electron chi connectivity index (χ2n) is 3.68. The van der Waals surface area contributed by atoms with Crippen LogP contribution < -0.4 is 0 Å². The van der Waals surface area contributed by atoms with Gasteiger partial charge in [-0.05, 0) is 19.9 Å². The minimum atomic E-state index is -0.742. The third kappa shape index (κ3) is 3.87. The fourth-order valence-corrected chi connectivity index (χ4v) is 1.72. The third-order valence-electron chi connectivity index (χ3n) is 2.56. The lowest BCUT2D eigenvalue weighted by atomic mass is 10.1. The van der Waals surface area contributed by atoms with E-state index in [1.54, 1.807) is 6.92 Å². The molecule has 1 heterocycles. The molecule has 1 N–H and O–H groups in total. The maximum Gasteiger partial charge on any atom is 0.307 e. The summed E-state index contributed by atoms with van der Waals surface area (Å²) in [5, 5.41) is 8.77. The molecule has 1 saturated heterocycles. The van der Waals surface area contributed by atoms with Crippen molar-refractivity contribution in [3.63, 3.8) is 0 Å². The van der Waals surface area contributed by atoms with Gasteiger partial charge in [-0.25, -0.2) is 0 Å². The van der Waals surface area contributed by atoms with E-state index in [2.05, 4.69) is 0 Å². The van der Waals surface area contributed by atoms with Crippen molar-refractivity contribution in [3.05, 3.63) is 0 Å². The van der Waals surface area contributed by atoms with Crippen LogP contribution >= 0.6 is 0 Å². The lowest BCUT2D eigenvalue weighted by Gasteiger charge is -2.13. The van der Waals surface area contributed by atoms with E-state index in [0.29, 0.717) is 32.5 Å². The van der Waals surface area contributed by atoms with Gasteiger partial charge < -0.3 is 14.7 Å². The number of hydrogen-bond donors (Lipinski definition) is 1. The molecule has 5 heteroatoms. The monoisotopic (exact) mass is 215 g/mol. The van der Waals surface area contributed by atoms with E-state index in [1.807, 2.05) is 4.90 Å². The van der Waals surface area contributed by atoms with Crippen LogP contribution in [0, 0.1) is 5.92 Å². The fourth-order valence-electron chi connectivity index (χ4n) is 1.72. The minimum Gasteiger partial charge on any atom is -0.481 e. The largest absolute Gasteiger partial charge is 0.481 e. The molecule has 1 aliphatic rings. The van der Waals surface area contributed by atoms with Crippen LogP contribution in [0.25, 0.3) is 0 Å². The molecular formula is C10H17NO4. The second kappa shape index (κ2) is 5.70. The normalized spacial score (nSPS) is 21.5. The van der Waals surface area contributed by atoms with Crippen molar-refractivity contribution in [2.24, 2.45) is 5.92 Å². The number of nitrogens with zero attached hydrogens (tertiary/aromatic N) is 1. The summed E-state index contributed by atoms with van der Waals surface area (Å²) in [6.45, 7) is 4.08. The van der Waals surface area contributed by atoms with Crippen molar-refractivity contribution in [1.82, 2.24) is 4.90 Å². The molecule has 1 atom stereocenters. The molecule has 86 valence electrons. The Labute approximate surface area is 89.0 Å². The van der Waals surface area contributed by atoms with Gasteiger partial charge in [0.25, 0.3) is 0 Å². The smallest absolute Gasteiger partial charge is 0.307 e. The van der Waals surface area contributed by atoms with Crippen molar-refractivity contribution >= 4 is 11.9 Å². The van der Waals surface area contributed by atoms with Crippen molar-refractivity contribution in [2.75, 3.05) is 26.2 Å². The highest BCUT2D eigenvalue weighted by Crippen LogP contribution is 2.16. The Bertz CT molecular complexity index is 242. The number of carbonyl (C=O) groups excluding carboxylic acids is 1. The number of esters is 1. The highest BCUT2D eigenvalue weighted by Gasteiger charge is 2.27. The van der Waals surface area contributed by atoms with Crippen molar-refractivity contribution in [1.29, 1.82) is 0 Å². The predicted octanol–water partition coefficient (Wildman–Crippen LogP) is 0.346. The van der Waals surface area contributed by atoms with Gasteiger partial charge in [-0.3, -0.25) is 9.59 Å². The molecule has 0 radical (unpaired) electrons. The highest BCUT2D eigenvalue weighted by molar-refractivity contribution is 5.71. The summed E-state index contributed by atoms with van der Waals surface area (Å²) in [7, 11) is 0. The average molecular weight is 215 g/mol. The SMILES string of the molecule is CCOC(=O)CCN1CCC(C(=O)O)C1. The van der Waals surface area contributed by atoms with Crippen LogP contribution in [0.4, 0.5) is 0 Å². The van der Waals surface area contributed by atoms with Gasteiger partial charge in [0.05, 0.1) is 18.9 Å². The zero-order chi connectivity index (χ0) is 11.3. The maximum atomic E-state index is 11.0. The lowest BCUT2D eigenvalue weighted by molar-refractivity contribution is -0.143. The zero-order valence-electron chi connectivity index (χ0n) is 8.94. The first-order chi connectivity index (χ1) is 7.13. The summed E-state index contributed by atoms with van der Waals surface area (Å²) < 4.78 is 4.79. The van der Waals surface area contributed by atoms with Gasteiger partial charge in [0.2, 0.25) is 0 Å². The number of carboxylic acids is 1. The highest BCUT2D eigenvalue weighted by atomic mass is 16.5. The topological polar surface area (TPSA) is 66.8 Å². The van der Waals surface area contributed by atoms with Crippen molar-refractivity contribution in [2.45, 2.75) is 19.8 Å². The molecule has 0 aromatic rings. The summed E-state index contributed by atoms with van der Waals surface area (Å²) in [6, 6.07) is 0. The van der Waals surface area contributed by atoms with Crippen molar-refractivity contribution in [3.8, 4) is 0 Å². The molecule has 0 aliphatic carbocycles. The summed E-state index contributed by atoms with van der Waals surface area (Å²) >= 11 is 0. The molecule has 15 heavy (non-hydrogen) atoms. The Kier molecular flexibility index (Phi) is 4.55. The summed E-state index contributed by atoms with van der Waals surface area (Å²) in [4.78, 5) is 23.7.